The number of carbonyl (C=O) groups excluding carboxylic acids is 1. The van der Waals surface area contributed by atoms with E-state index in [0.717, 1.165) is 25.9 Å². The van der Waals surface area contributed by atoms with Crippen molar-refractivity contribution >= 4 is 12.1 Å². The average Bonchev–Trinajstić information content (AvgIpc) is 2.26. The van der Waals surface area contributed by atoms with Crippen LogP contribution in [0.2, 0.25) is 0 Å². The van der Waals surface area contributed by atoms with Crippen molar-refractivity contribution in [1.82, 2.24) is 10.2 Å². The summed E-state index contributed by atoms with van der Waals surface area (Å²) in [5, 5.41) is 6.31. The van der Waals surface area contributed by atoms with Gasteiger partial charge in [-0.2, -0.15) is 0 Å². The molecule has 1 rings (SSSR count). The van der Waals surface area contributed by atoms with Gasteiger partial charge in [0.05, 0.1) is 0 Å². The summed E-state index contributed by atoms with van der Waals surface area (Å²) in [4.78, 5) is 13.5. The first-order valence-corrected chi connectivity index (χ1v) is 6.09. The molecule has 1 amide bonds. The second-order valence-electron chi connectivity index (χ2n) is 5.39. The van der Waals surface area contributed by atoms with Crippen LogP contribution in [0.15, 0.2) is 5.10 Å². The number of nitrogens with two attached hydrogens (primary N) is 2. The van der Waals surface area contributed by atoms with Crippen molar-refractivity contribution in [1.29, 1.82) is 0 Å². The Morgan fingerprint density at radius 3 is 2.39 bits per heavy atom. The first kappa shape index (κ1) is 14.4. The van der Waals surface area contributed by atoms with Gasteiger partial charge in [0.1, 0.15) is 5.60 Å². The highest BCUT2D eigenvalue weighted by Gasteiger charge is 2.24. The normalized spacial score (nSPS) is 18.6. The maximum atomic E-state index is 11.6. The summed E-state index contributed by atoms with van der Waals surface area (Å²) < 4.78 is 5.20. The SMILES string of the molecule is CC(C)(C)OC(=O)NC1CCN(C(N)=NN)CC1. The van der Waals surface area contributed by atoms with Crippen LogP contribution in [0, 0.1) is 0 Å². The Labute approximate surface area is 108 Å². The molecule has 1 aliphatic rings. The number of nitrogens with one attached hydrogen (secondary N) is 1. The number of piperidine rings is 1. The smallest absolute Gasteiger partial charge is 0.407 e. The van der Waals surface area contributed by atoms with E-state index in [-0.39, 0.29) is 12.1 Å². The zero-order valence-electron chi connectivity index (χ0n) is 11.3. The maximum absolute atomic E-state index is 11.6. The van der Waals surface area contributed by atoms with E-state index < -0.39 is 5.60 Å². The molecular weight excluding hydrogens is 234 g/mol. The third-order valence-electron chi connectivity index (χ3n) is 2.67. The molecule has 1 fully saturated rings. The van der Waals surface area contributed by atoms with E-state index in [1.165, 1.54) is 0 Å². The quantitative estimate of drug-likeness (QED) is 0.268. The molecule has 0 atom stereocenters. The second-order valence-corrected chi connectivity index (χ2v) is 5.39. The lowest BCUT2D eigenvalue weighted by Crippen LogP contribution is -2.49. The van der Waals surface area contributed by atoms with Gasteiger partial charge in [-0.1, -0.05) is 0 Å². The Balaban J connectivity index is 2.34. The van der Waals surface area contributed by atoms with Gasteiger partial charge in [-0.05, 0) is 33.6 Å². The Morgan fingerprint density at radius 1 is 1.39 bits per heavy atom. The van der Waals surface area contributed by atoms with Gasteiger partial charge in [0.15, 0.2) is 0 Å². The Hall–Kier alpha value is -1.66. The van der Waals surface area contributed by atoms with Gasteiger partial charge < -0.3 is 26.5 Å². The number of amides is 1. The minimum Gasteiger partial charge on any atom is -0.444 e. The lowest BCUT2D eigenvalue weighted by Gasteiger charge is -2.33. The fourth-order valence-electron chi connectivity index (χ4n) is 1.81. The van der Waals surface area contributed by atoms with Gasteiger partial charge in [-0.25, -0.2) is 4.79 Å². The van der Waals surface area contributed by atoms with Crippen LogP contribution >= 0.6 is 0 Å². The molecule has 0 aromatic heterocycles. The number of hydrogen-bond donors (Lipinski definition) is 3. The minimum atomic E-state index is -0.471. The highest BCUT2D eigenvalue weighted by molar-refractivity contribution is 5.77. The number of alkyl carbamates (subject to hydrolysis) is 1. The Bertz CT molecular complexity index is 316. The van der Waals surface area contributed by atoms with Crippen molar-refractivity contribution in [2.45, 2.75) is 45.3 Å². The number of likely N-dealkylation sites (tertiary alicyclic amines) is 1. The monoisotopic (exact) mass is 257 g/mol. The summed E-state index contributed by atoms with van der Waals surface area (Å²) >= 11 is 0. The molecule has 104 valence electrons. The molecule has 7 heteroatoms. The first-order valence-electron chi connectivity index (χ1n) is 6.09. The van der Waals surface area contributed by atoms with E-state index in [4.69, 9.17) is 16.3 Å². The van der Waals surface area contributed by atoms with E-state index in [0.29, 0.717) is 5.96 Å². The van der Waals surface area contributed by atoms with Crippen LogP contribution in [0.1, 0.15) is 33.6 Å². The molecule has 1 aliphatic heterocycles. The van der Waals surface area contributed by atoms with Crippen LogP contribution in [-0.4, -0.2) is 41.7 Å². The van der Waals surface area contributed by atoms with Crippen LogP contribution in [0.4, 0.5) is 4.79 Å². The van der Waals surface area contributed by atoms with Crippen LogP contribution < -0.4 is 16.9 Å². The zero-order chi connectivity index (χ0) is 13.8. The lowest BCUT2D eigenvalue weighted by molar-refractivity contribution is 0.0488. The van der Waals surface area contributed by atoms with Gasteiger partial charge >= 0.3 is 6.09 Å². The Morgan fingerprint density at radius 2 is 1.94 bits per heavy atom. The van der Waals surface area contributed by atoms with E-state index in [1.54, 1.807) is 0 Å². The number of ether oxygens (including phenoxy) is 1. The van der Waals surface area contributed by atoms with Crippen molar-refractivity contribution in [3.63, 3.8) is 0 Å². The van der Waals surface area contributed by atoms with Gasteiger partial charge in [-0.3, -0.25) is 0 Å². The first-order chi connectivity index (χ1) is 8.31. The maximum Gasteiger partial charge on any atom is 0.407 e. The summed E-state index contributed by atoms with van der Waals surface area (Å²) in [6, 6.07) is 0.113. The van der Waals surface area contributed by atoms with Crippen LogP contribution in [0.5, 0.6) is 0 Å². The molecule has 0 aromatic rings. The molecule has 7 nitrogen and oxygen atoms in total. The summed E-state index contributed by atoms with van der Waals surface area (Å²) in [7, 11) is 0. The number of nitrogens with zero attached hydrogens (tertiary/aromatic N) is 2. The van der Waals surface area contributed by atoms with Crippen LogP contribution in [0.3, 0.4) is 0 Å². The Kier molecular flexibility index (Phi) is 4.63. The third kappa shape index (κ3) is 4.68. The van der Waals surface area contributed by atoms with Crippen molar-refractivity contribution < 1.29 is 9.53 Å². The predicted octanol–water partition coefficient (Wildman–Crippen LogP) is 0.164. The molecule has 1 saturated heterocycles. The van der Waals surface area contributed by atoms with Crippen LogP contribution in [-0.2, 0) is 4.74 Å². The molecule has 0 aromatic carbocycles. The fourth-order valence-corrected chi connectivity index (χ4v) is 1.81. The number of hydrazone groups is 1. The second kappa shape index (κ2) is 5.79. The number of guanidine groups is 1. The van der Waals surface area contributed by atoms with Crippen molar-refractivity contribution in [3.8, 4) is 0 Å². The largest absolute Gasteiger partial charge is 0.444 e. The fraction of sp³-hybridized carbons (Fsp3) is 0.818. The topological polar surface area (TPSA) is 106 Å². The molecule has 1 heterocycles. The highest BCUT2D eigenvalue weighted by Crippen LogP contribution is 2.12. The molecule has 0 saturated carbocycles. The molecule has 0 unspecified atom stereocenters. The van der Waals surface area contributed by atoms with Crippen molar-refractivity contribution in [3.05, 3.63) is 0 Å². The van der Waals surface area contributed by atoms with Crippen molar-refractivity contribution in [2.75, 3.05) is 13.1 Å². The molecular formula is C11H23N5O2. The van der Waals surface area contributed by atoms with Gasteiger partial charge in [-0.15, -0.1) is 5.10 Å². The zero-order valence-corrected chi connectivity index (χ0v) is 11.3. The number of carbonyl (C=O) groups is 1. The van der Waals surface area contributed by atoms with E-state index in [9.17, 15) is 4.79 Å². The predicted molar refractivity (Wildman–Crippen MR) is 69.8 cm³/mol. The molecule has 5 N–H and O–H groups in total. The summed E-state index contributed by atoms with van der Waals surface area (Å²) in [5.41, 5.74) is 5.15. The highest BCUT2D eigenvalue weighted by atomic mass is 16.6. The molecule has 0 radical (unpaired) electrons. The average molecular weight is 257 g/mol. The summed E-state index contributed by atoms with van der Waals surface area (Å²) in [6.45, 7) is 6.98. The van der Waals surface area contributed by atoms with Gasteiger partial charge in [0.25, 0.3) is 0 Å². The van der Waals surface area contributed by atoms with Gasteiger partial charge in [0.2, 0.25) is 5.96 Å². The summed E-state index contributed by atoms with van der Waals surface area (Å²) in [6.07, 6.45) is 1.23. The number of hydrogen-bond acceptors (Lipinski definition) is 4. The molecule has 18 heavy (non-hydrogen) atoms. The molecule has 0 spiro atoms. The lowest BCUT2D eigenvalue weighted by atomic mass is 10.1. The van der Waals surface area contributed by atoms with E-state index in [2.05, 4.69) is 10.4 Å². The molecule has 0 bridgehead atoms. The van der Waals surface area contributed by atoms with E-state index >= 15 is 0 Å². The van der Waals surface area contributed by atoms with Crippen molar-refractivity contribution in [2.24, 2.45) is 16.7 Å². The summed E-state index contributed by atoms with van der Waals surface area (Å²) in [5.74, 6) is 5.46. The minimum absolute atomic E-state index is 0.113. The standard InChI is InChI=1S/C11H23N5O2/c1-11(2,3)18-10(17)14-8-4-6-16(7-5-8)9(12)15-13/h8H,4-7,13H2,1-3H3,(H2,12,15)(H,14,17). The molecule has 0 aliphatic carbocycles. The third-order valence-corrected chi connectivity index (χ3v) is 2.67. The van der Waals surface area contributed by atoms with Crippen LogP contribution in [0.25, 0.3) is 0 Å². The number of rotatable bonds is 1. The van der Waals surface area contributed by atoms with E-state index in [1.807, 2.05) is 25.7 Å². The van der Waals surface area contributed by atoms with Gasteiger partial charge in [0, 0.05) is 19.1 Å².